The van der Waals surface area contributed by atoms with Crippen LogP contribution in [0.5, 0.6) is 0 Å². The maximum Gasteiger partial charge on any atom is 0.333 e. The smallest absolute Gasteiger partial charge is 0.333 e. The summed E-state index contributed by atoms with van der Waals surface area (Å²) in [6.45, 7) is 1.37. The number of methoxy groups -OCH3 is 1. The number of nitrogens with zero attached hydrogens (tertiary/aromatic N) is 1. The molecule has 7 heteroatoms. The van der Waals surface area contributed by atoms with Gasteiger partial charge in [0.2, 0.25) is 0 Å². The molecule has 0 saturated heterocycles. The van der Waals surface area contributed by atoms with Crippen molar-refractivity contribution < 1.29 is 24.2 Å². The van der Waals surface area contributed by atoms with Crippen LogP contribution in [0.25, 0.3) is 0 Å². The maximum atomic E-state index is 12.0. The number of hydrogen-bond donors (Lipinski definition) is 2. The van der Waals surface area contributed by atoms with Gasteiger partial charge in [0, 0.05) is 7.05 Å². The summed E-state index contributed by atoms with van der Waals surface area (Å²) in [4.78, 5) is 35.7. The number of carboxylic acids is 1. The fourth-order valence-electron chi connectivity index (χ4n) is 1.61. The van der Waals surface area contributed by atoms with Crippen LogP contribution in [0.4, 0.5) is 4.79 Å². The first-order chi connectivity index (χ1) is 9.88. The second kappa shape index (κ2) is 7.28. The number of carboxylic acid groups (broad SMARTS) is 1. The van der Waals surface area contributed by atoms with E-state index in [-0.39, 0.29) is 0 Å². The van der Waals surface area contributed by atoms with Gasteiger partial charge in [0.15, 0.2) is 6.04 Å². The quantitative estimate of drug-likeness (QED) is 0.790. The molecule has 0 aliphatic rings. The molecular formula is C14H18N2O5. The van der Waals surface area contributed by atoms with Crippen molar-refractivity contribution >= 4 is 18.0 Å². The molecule has 0 spiro atoms. The molecule has 0 fully saturated rings. The van der Waals surface area contributed by atoms with Gasteiger partial charge < -0.3 is 20.1 Å². The van der Waals surface area contributed by atoms with Gasteiger partial charge >= 0.3 is 18.0 Å². The van der Waals surface area contributed by atoms with Crippen molar-refractivity contribution in [3.05, 3.63) is 35.9 Å². The third-order valence-corrected chi connectivity index (χ3v) is 3.10. The fourth-order valence-corrected chi connectivity index (χ4v) is 1.61. The molecule has 0 aromatic heterocycles. The highest BCUT2D eigenvalue weighted by Gasteiger charge is 2.28. The second-order valence-corrected chi connectivity index (χ2v) is 4.44. The number of rotatable bonds is 5. The van der Waals surface area contributed by atoms with Crippen LogP contribution < -0.4 is 5.32 Å². The zero-order valence-electron chi connectivity index (χ0n) is 12.1. The van der Waals surface area contributed by atoms with Crippen molar-refractivity contribution in [2.45, 2.75) is 19.0 Å². The number of esters is 1. The van der Waals surface area contributed by atoms with Gasteiger partial charge in [-0.15, -0.1) is 0 Å². The second-order valence-electron chi connectivity index (χ2n) is 4.44. The van der Waals surface area contributed by atoms with Gasteiger partial charge in [-0.2, -0.15) is 0 Å². The minimum atomic E-state index is -1.14. The Bertz CT molecular complexity index is 517. The van der Waals surface area contributed by atoms with Crippen LogP contribution >= 0.6 is 0 Å². The Kier molecular flexibility index (Phi) is 5.71. The zero-order valence-corrected chi connectivity index (χ0v) is 12.1. The highest BCUT2D eigenvalue weighted by molar-refractivity contribution is 5.87. The summed E-state index contributed by atoms with van der Waals surface area (Å²) in [6.07, 6.45) is 0. The molecule has 114 valence electrons. The fraction of sp³-hybridized carbons (Fsp3) is 0.357. The summed E-state index contributed by atoms with van der Waals surface area (Å²) in [5, 5.41) is 11.4. The third-order valence-electron chi connectivity index (χ3n) is 3.10. The molecule has 7 nitrogen and oxygen atoms in total. The number of nitrogens with one attached hydrogen (secondary N) is 1. The Balaban J connectivity index is 2.90. The number of carbonyl (C=O) groups excluding carboxylic acids is 2. The predicted molar refractivity (Wildman–Crippen MR) is 74.6 cm³/mol. The van der Waals surface area contributed by atoms with Crippen LogP contribution in [0.15, 0.2) is 30.3 Å². The first-order valence-electron chi connectivity index (χ1n) is 6.27. The molecule has 1 aromatic rings. The Labute approximate surface area is 122 Å². The molecule has 0 heterocycles. The van der Waals surface area contributed by atoms with E-state index in [1.807, 2.05) is 0 Å². The molecule has 21 heavy (non-hydrogen) atoms. The molecule has 2 atom stereocenters. The van der Waals surface area contributed by atoms with Crippen LogP contribution in [0, 0.1) is 0 Å². The standard InChI is InChI=1S/C14H18N2O5/c1-9(12(17)18)16(2)14(20)15-11(13(19)21-3)10-7-5-4-6-8-10/h4-9,11H,1-3H3,(H,15,20)(H,17,18). The van der Waals surface area contributed by atoms with Crippen LogP contribution in [0.3, 0.4) is 0 Å². The highest BCUT2D eigenvalue weighted by atomic mass is 16.5. The number of likely N-dealkylation sites (N-methyl/N-ethyl adjacent to an activating group) is 1. The van der Waals surface area contributed by atoms with Gasteiger partial charge in [0.25, 0.3) is 0 Å². The lowest BCUT2D eigenvalue weighted by atomic mass is 10.1. The van der Waals surface area contributed by atoms with E-state index in [0.717, 1.165) is 4.90 Å². The number of amides is 2. The highest BCUT2D eigenvalue weighted by Crippen LogP contribution is 2.14. The van der Waals surface area contributed by atoms with Gasteiger partial charge in [-0.1, -0.05) is 30.3 Å². The zero-order chi connectivity index (χ0) is 16.0. The molecule has 0 radical (unpaired) electrons. The molecule has 2 unspecified atom stereocenters. The molecule has 0 saturated carbocycles. The largest absolute Gasteiger partial charge is 0.480 e. The van der Waals surface area contributed by atoms with E-state index in [0.29, 0.717) is 5.56 Å². The van der Waals surface area contributed by atoms with E-state index in [2.05, 4.69) is 10.1 Å². The molecule has 0 aliphatic heterocycles. The van der Waals surface area contributed by atoms with Crippen molar-refractivity contribution in [2.24, 2.45) is 0 Å². The van der Waals surface area contributed by atoms with Gasteiger partial charge in [0.1, 0.15) is 6.04 Å². The third kappa shape index (κ3) is 4.20. The lowest BCUT2D eigenvalue weighted by Crippen LogP contribution is -2.48. The van der Waals surface area contributed by atoms with Gasteiger partial charge in [-0.05, 0) is 12.5 Å². The molecule has 2 N–H and O–H groups in total. The summed E-state index contributed by atoms with van der Waals surface area (Å²) in [5.74, 6) is -1.77. The Morgan fingerprint density at radius 1 is 1.24 bits per heavy atom. The van der Waals surface area contributed by atoms with E-state index < -0.39 is 30.1 Å². The topological polar surface area (TPSA) is 95.9 Å². The predicted octanol–water partition coefficient (Wildman–Crippen LogP) is 1.02. The first-order valence-corrected chi connectivity index (χ1v) is 6.27. The Morgan fingerprint density at radius 3 is 2.29 bits per heavy atom. The summed E-state index contributed by atoms with van der Waals surface area (Å²) >= 11 is 0. The SMILES string of the molecule is COC(=O)C(NC(=O)N(C)C(C)C(=O)O)c1ccccc1. The van der Waals surface area contributed by atoms with Crippen molar-refractivity contribution in [2.75, 3.05) is 14.2 Å². The Hall–Kier alpha value is -2.57. The minimum Gasteiger partial charge on any atom is -0.480 e. The average molecular weight is 294 g/mol. The number of hydrogen-bond acceptors (Lipinski definition) is 4. The number of benzene rings is 1. The first kappa shape index (κ1) is 16.5. The number of carbonyl (C=O) groups is 3. The van der Waals surface area contributed by atoms with E-state index in [1.165, 1.54) is 21.1 Å². The van der Waals surface area contributed by atoms with Crippen molar-refractivity contribution in [3.8, 4) is 0 Å². The normalized spacial score (nSPS) is 12.9. The molecule has 1 rings (SSSR count). The number of ether oxygens (including phenoxy) is 1. The molecular weight excluding hydrogens is 276 g/mol. The van der Waals surface area contributed by atoms with Gasteiger partial charge in [-0.3, -0.25) is 0 Å². The van der Waals surface area contributed by atoms with Crippen LogP contribution in [-0.2, 0) is 14.3 Å². The lowest BCUT2D eigenvalue weighted by molar-refractivity contribution is -0.143. The van der Waals surface area contributed by atoms with Crippen molar-refractivity contribution in [1.29, 1.82) is 0 Å². The van der Waals surface area contributed by atoms with Crippen LogP contribution in [0.1, 0.15) is 18.5 Å². The van der Waals surface area contributed by atoms with Crippen molar-refractivity contribution in [3.63, 3.8) is 0 Å². The van der Waals surface area contributed by atoms with E-state index in [9.17, 15) is 14.4 Å². The summed E-state index contributed by atoms with van der Waals surface area (Å²) in [5.41, 5.74) is 0.550. The van der Waals surface area contributed by atoms with E-state index >= 15 is 0 Å². The molecule has 1 aromatic carbocycles. The Morgan fingerprint density at radius 2 is 1.81 bits per heavy atom. The summed E-state index contributed by atoms with van der Waals surface area (Å²) in [7, 11) is 2.56. The van der Waals surface area contributed by atoms with Crippen LogP contribution in [0.2, 0.25) is 0 Å². The van der Waals surface area contributed by atoms with Crippen LogP contribution in [-0.4, -0.2) is 48.2 Å². The minimum absolute atomic E-state index is 0.550. The number of aliphatic carboxylic acids is 1. The lowest BCUT2D eigenvalue weighted by Gasteiger charge is -2.25. The monoisotopic (exact) mass is 294 g/mol. The van der Waals surface area contributed by atoms with Gasteiger partial charge in [-0.25, -0.2) is 14.4 Å². The summed E-state index contributed by atoms with van der Waals surface area (Å²) < 4.78 is 4.67. The van der Waals surface area contributed by atoms with E-state index in [4.69, 9.17) is 5.11 Å². The molecule has 2 amide bonds. The number of urea groups is 1. The van der Waals surface area contributed by atoms with Gasteiger partial charge in [0.05, 0.1) is 7.11 Å². The summed E-state index contributed by atoms with van der Waals surface area (Å²) in [6, 6.07) is 5.88. The molecule has 0 aliphatic carbocycles. The van der Waals surface area contributed by atoms with E-state index in [1.54, 1.807) is 30.3 Å². The molecule has 0 bridgehead atoms. The average Bonchev–Trinajstić information content (AvgIpc) is 2.50. The van der Waals surface area contributed by atoms with Crippen molar-refractivity contribution in [1.82, 2.24) is 10.2 Å². The maximum absolute atomic E-state index is 12.0.